The van der Waals surface area contributed by atoms with Gasteiger partial charge in [0.2, 0.25) is 0 Å². The van der Waals surface area contributed by atoms with Crippen LogP contribution >= 0.6 is 0 Å². The lowest BCUT2D eigenvalue weighted by Crippen LogP contribution is -2.26. The molecule has 0 fully saturated rings. The molecule has 0 spiro atoms. The number of aryl methyl sites for hydroxylation is 1. The van der Waals surface area contributed by atoms with Gasteiger partial charge in [-0.2, -0.15) is 0 Å². The molecule has 0 saturated heterocycles. The Morgan fingerprint density at radius 3 is 2.50 bits per heavy atom. The molecule has 1 aromatic rings. The molecule has 1 unspecified atom stereocenters. The van der Waals surface area contributed by atoms with E-state index in [9.17, 15) is 9.59 Å². The van der Waals surface area contributed by atoms with Crippen molar-refractivity contribution in [2.24, 2.45) is 5.92 Å². The fourth-order valence-corrected chi connectivity index (χ4v) is 2.68. The Balaban J connectivity index is 1.82. The van der Waals surface area contributed by atoms with Crippen LogP contribution in [0.15, 0.2) is 42.0 Å². The molecular weight excluding hydrogens is 276 g/mol. The zero-order chi connectivity index (χ0) is 16.2. The number of ether oxygens (including phenoxy) is 1. The van der Waals surface area contributed by atoms with E-state index in [1.165, 1.54) is 5.56 Å². The van der Waals surface area contributed by atoms with Gasteiger partial charge in [-0.1, -0.05) is 35.9 Å². The number of benzene rings is 1. The van der Waals surface area contributed by atoms with Crippen molar-refractivity contribution >= 4 is 11.8 Å². The highest BCUT2D eigenvalue weighted by molar-refractivity contribution is 5.97. The van der Waals surface area contributed by atoms with Gasteiger partial charge in [-0.25, -0.2) is 0 Å². The number of hydrogen-bond donors (Lipinski definition) is 0. The zero-order valence-corrected chi connectivity index (χ0v) is 13.6. The van der Waals surface area contributed by atoms with E-state index in [-0.39, 0.29) is 24.1 Å². The Kier molecular flexibility index (Phi) is 5.17. The van der Waals surface area contributed by atoms with E-state index in [1.807, 2.05) is 39.0 Å². The Morgan fingerprint density at radius 2 is 1.86 bits per heavy atom. The van der Waals surface area contributed by atoms with E-state index in [4.69, 9.17) is 4.74 Å². The van der Waals surface area contributed by atoms with Crippen molar-refractivity contribution in [2.45, 2.75) is 52.1 Å². The second-order valence-corrected chi connectivity index (χ2v) is 6.88. The standard InChI is InChI=1S/C19H24O3/c1-19(2,3)22-18(21)13-16-11-15(12-17(16)20)10-9-14-7-5-4-6-8-14/h4-8,12,16H,9-11,13H2,1-3H3. The average molecular weight is 300 g/mol. The fraction of sp³-hybridized carbons (Fsp3) is 0.474. The van der Waals surface area contributed by atoms with Crippen LogP contribution in [0.4, 0.5) is 0 Å². The smallest absolute Gasteiger partial charge is 0.307 e. The molecule has 3 nitrogen and oxygen atoms in total. The fourth-order valence-electron chi connectivity index (χ4n) is 2.68. The van der Waals surface area contributed by atoms with Gasteiger partial charge in [0.1, 0.15) is 5.60 Å². The highest BCUT2D eigenvalue weighted by atomic mass is 16.6. The van der Waals surface area contributed by atoms with E-state index < -0.39 is 5.60 Å². The van der Waals surface area contributed by atoms with Gasteiger partial charge >= 0.3 is 5.97 Å². The summed E-state index contributed by atoms with van der Waals surface area (Å²) in [6.07, 6.45) is 4.39. The third-order valence-electron chi connectivity index (χ3n) is 3.67. The second kappa shape index (κ2) is 6.91. The molecule has 118 valence electrons. The molecule has 1 aromatic carbocycles. The number of rotatable bonds is 5. The topological polar surface area (TPSA) is 43.4 Å². The summed E-state index contributed by atoms with van der Waals surface area (Å²) in [4.78, 5) is 23.9. The van der Waals surface area contributed by atoms with Crippen LogP contribution < -0.4 is 0 Å². The maximum Gasteiger partial charge on any atom is 0.307 e. The van der Waals surface area contributed by atoms with E-state index in [1.54, 1.807) is 6.08 Å². The molecule has 0 aliphatic heterocycles. The number of hydrogen-bond acceptors (Lipinski definition) is 3. The average Bonchev–Trinajstić information content (AvgIpc) is 2.76. The number of carbonyl (C=O) groups excluding carboxylic acids is 2. The maximum absolute atomic E-state index is 12.0. The first kappa shape index (κ1) is 16.5. The molecule has 0 N–H and O–H groups in total. The third-order valence-corrected chi connectivity index (χ3v) is 3.67. The molecule has 3 heteroatoms. The molecule has 0 amide bonds. The van der Waals surface area contributed by atoms with Gasteiger partial charge in [0.15, 0.2) is 5.78 Å². The zero-order valence-electron chi connectivity index (χ0n) is 13.6. The van der Waals surface area contributed by atoms with Crippen LogP contribution in [0.1, 0.15) is 45.6 Å². The molecule has 2 rings (SSSR count). The summed E-state index contributed by atoms with van der Waals surface area (Å²) in [6, 6.07) is 10.2. The van der Waals surface area contributed by atoms with Gasteiger partial charge in [0.05, 0.1) is 6.42 Å². The van der Waals surface area contributed by atoms with Gasteiger partial charge in [0, 0.05) is 5.92 Å². The van der Waals surface area contributed by atoms with Gasteiger partial charge < -0.3 is 4.74 Å². The highest BCUT2D eigenvalue weighted by Gasteiger charge is 2.29. The first-order chi connectivity index (χ1) is 10.3. The third kappa shape index (κ3) is 5.14. The summed E-state index contributed by atoms with van der Waals surface area (Å²) < 4.78 is 5.30. The number of carbonyl (C=O) groups is 2. The van der Waals surface area contributed by atoms with Crippen LogP contribution in [-0.4, -0.2) is 17.4 Å². The largest absolute Gasteiger partial charge is 0.460 e. The van der Waals surface area contributed by atoms with Gasteiger partial charge in [-0.3, -0.25) is 9.59 Å². The maximum atomic E-state index is 12.0. The van der Waals surface area contributed by atoms with Crippen molar-refractivity contribution in [3.63, 3.8) is 0 Å². The predicted molar refractivity (Wildman–Crippen MR) is 86.4 cm³/mol. The predicted octanol–water partition coefficient (Wildman–Crippen LogP) is 3.87. The van der Waals surface area contributed by atoms with Gasteiger partial charge in [0.25, 0.3) is 0 Å². The normalized spacial score (nSPS) is 18.2. The molecular formula is C19H24O3. The van der Waals surface area contributed by atoms with Crippen LogP contribution in [0.2, 0.25) is 0 Å². The van der Waals surface area contributed by atoms with Gasteiger partial charge in [-0.05, 0) is 51.7 Å². The van der Waals surface area contributed by atoms with Crippen LogP contribution in [0, 0.1) is 5.92 Å². The van der Waals surface area contributed by atoms with Crippen LogP contribution in [0.3, 0.4) is 0 Å². The minimum absolute atomic E-state index is 0.0638. The summed E-state index contributed by atoms with van der Waals surface area (Å²) >= 11 is 0. The quantitative estimate of drug-likeness (QED) is 0.775. The lowest BCUT2D eigenvalue weighted by molar-refractivity contribution is -0.156. The molecule has 1 aliphatic carbocycles. The Bertz CT molecular complexity index is 564. The molecule has 1 atom stereocenters. The van der Waals surface area contributed by atoms with Crippen LogP contribution in [0.5, 0.6) is 0 Å². The van der Waals surface area contributed by atoms with Crippen molar-refractivity contribution in [1.82, 2.24) is 0 Å². The molecule has 0 aromatic heterocycles. The summed E-state index contributed by atoms with van der Waals surface area (Å²) in [7, 11) is 0. The van der Waals surface area contributed by atoms with Crippen LogP contribution in [-0.2, 0) is 20.7 Å². The number of ketones is 1. The SMILES string of the molecule is CC(C)(C)OC(=O)CC1CC(CCc2ccccc2)=CC1=O. The molecule has 0 radical (unpaired) electrons. The summed E-state index contributed by atoms with van der Waals surface area (Å²) in [5.41, 5.74) is 1.91. The molecule has 22 heavy (non-hydrogen) atoms. The molecule has 0 saturated carbocycles. The summed E-state index contributed by atoms with van der Waals surface area (Å²) in [6.45, 7) is 5.51. The monoisotopic (exact) mass is 300 g/mol. The Labute approximate surface area is 132 Å². The number of allylic oxidation sites excluding steroid dienone is 2. The van der Waals surface area contributed by atoms with Crippen molar-refractivity contribution < 1.29 is 14.3 Å². The van der Waals surface area contributed by atoms with Crippen molar-refractivity contribution in [3.8, 4) is 0 Å². The van der Waals surface area contributed by atoms with E-state index in [0.29, 0.717) is 6.42 Å². The first-order valence-corrected chi connectivity index (χ1v) is 7.82. The minimum atomic E-state index is -0.498. The van der Waals surface area contributed by atoms with Crippen molar-refractivity contribution in [1.29, 1.82) is 0 Å². The Morgan fingerprint density at radius 1 is 1.18 bits per heavy atom. The minimum Gasteiger partial charge on any atom is -0.460 e. The summed E-state index contributed by atoms with van der Waals surface area (Å²) in [5, 5.41) is 0. The molecule has 0 heterocycles. The van der Waals surface area contributed by atoms with E-state index >= 15 is 0 Å². The van der Waals surface area contributed by atoms with Crippen molar-refractivity contribution in [3.05, 3.63) is 47.5 Å². The van der Waals surface area contributed by atoms with E-state index in [2.05, 4.69) is 12.1 Å². The number of esters is 1. The second-order valence-electron chi connectivity index (χ2n) is 6.88. The van der Waals surface area contributed by atoms with E-state index in [0.717, 1.165) is 18.4 Å². The highest BCUT2D eigenvalue weighted by Crippen LogP contribution is 2.28. The Hall–Kier alpha value is -1.90. The van der Waals surface area contributed by atoms with Crippen LogP contribution in [0.25, 0.3) is 0 Å². The summed E-state index contributed by atoms with van der Waals surface area (Å²) in [5.74, 6) is -0.460. The van der Waals surface area contributed by atoms with Crippen molar-refractivity contribution in [2.75, 3.05) is 0 Å². The first-order valence-electron chi connectivity index (χ1n) is 7.82. The van der Waals surface area contributed by atoms with Gasteiger partial charge in [-0.15, -0.1) is 0 Å². The lowest BCUT2D eigenvalue weighted by Gasteiger charge is -2.20. The molecule has 0 bridgehead atoms. The lowest BCUT2D eigenvalue weighted by atomic mass is 9.98. The molecule has 1 aliphatic rings.